The smallest absolute Gasteiger partial charge is 0.253 e. The van der Waals surface area contributed by atoms with Crippen molar-refractivity contribution >= 4 is 35.8 Å². The van der Waals surface area contributed by atoms with Crippen LogP contribution >= 0.6 is 24.2 Å². The maximum atomic E-state index is 12.0. The molecule has 1 aromatic rings. The number of benzene rings is 1. The molecule has 16 heavy (non-hydrogen) atoms. The van der Waals surface area contributed by atoms with E-state index in [1.165, 1.54) is 0 Å². The third-order valence-corrected chi connectivity index (χ3v) is 3.37. The van der Waals surface area contributed by atoms with Gasteiger partial charge in [-0.2, -0.15) is 11.8 Å². The fourth-order valence-corrected chi connectivity index (χ4v) is 2.52. The Hall–Kier alpha value is -0.870. The molecular weight excluding hydrogens is 244 g/mol. The molecule has 1 heterocycles. The first kappa shape index (κ1) is 13.2. The molecule has 1 fully saturated rings. The summed E-state index contributed by atoms with van der Waals surface area (Å²) in [6, 6.07) is 7.18. The molecule has 0 radical (unpaired) electrons. The molecule has 1 aliphatic rings. The van der Waals surface area contributed by atoms with Crippen LogP contribution in [-0.2, 0) is 0 Å². The average Bonchev–Trinajstić information content (AvgIpc) is 2.29. The summed E-state index contributed by atoms with van der Waals surface area (Å²) in [6.07, 6.45) is 0. The quantitative estimate of drug-likeness (QED) is 0.783. The van der Waals surface area contributed by atoms with Gasteiger partial charge in [-0.3, -0.25) is 4.79 Å². The number of thioether (sulfide) groups is 1. The van der Waals surface area contributed by atoms with Crippen molar-refractivity contribution in [3.63, 3.8) is 0 Å². The van der Waals surface area contributed by atoms with E-state index in [0.29, 0.717) is 11.3 Å². The topological polar surface area (TPSA) is 46.3 Å². The van der Waals surface area contributed by atoms with Crippen LogP contribution in [0.15, 0.2) is 24.3 Å². The highest BCUT2D eigenvalue weighted by atomic mass is 35.5. The van der Waals surface area contributed by atoms with Gasteiger partial charge in [0.15, 0.2) is 0 Å². The van der Waals surface area contributed by atoms with Gasteiger partial charge < -0.3 is 10.6 Å². The zero-order valence-electron chi connectivity index (χ0n) is 8.89. The molecule has 3 nitrogen and oxygen atoms in total. The summed E-state index contributed by atoms with van der Waals surface area (Å²) in [4.78, 5) is 13.9. The van der Waals surface area contributed by atoms with Gasteiger partial charge >= 0.3 is 0 Å². The molecule has 0 spiro atoms. The van der Waals surface area contributed by atoms with Crippen molar-refractivity contribution in [1.82, 2.24) is 4.90 Å². The molecule has 0 saturated carbocycles. The molecule has 0 aromatic heterocycles. The molecule has 88 valence electrons. The van der Waals surface area contributed by atoms with Crippen LogP contribution in [0.2, 0.25) is 0 Å². The Bertz CT molecular complexity index is 367. The first-order chi connectivity index (χ1) is 7.27. The number of amides is 1. The number of carbonyl (C=O) groups excluding carboxylic acids is 1. The van der Waals surface area contributed by atoms with Crippen LogP contribution in [0.25, 0.3) is 0 Å². The number of nitrogens with zero attached hydrogens (tertiary/aromatic N) is 1. The Labute approximate surface area is 106 Å². The van der Waals surface area contributed by atoms with E-state index in [9.17, 15) is 4.79 Å². The van der Waals surface area contributed by atoms with Crippen LogP contribution in [0.5, 0.6) is 0 Å². The SMILES string of the molecule is Cl.Nc1cccc(C(=O)N2CCSCC2)c1. The minimum Gasteiger partial charge on any atom is -0.399 e. The molecule has 1 aliphatic heterocycles. The van der Waals surface area contributed by atoms with Gasteiger partial charge in [0.1, 0.15) is 0 Å². The number of anilines is 1. The third kappa shape index (κ3) is 3.06. The molecule has 5 heteroatoms. The number of halogens is 1. The predicted molar refractivity (Wildman–Crippen MR) is 71.3 cm³/mol. The third-order valence-electron chi connectivity index (χ3n) is 2.43. The highest BCUT2D eigenvalue weighted by Crippen LogP contribution is 2.14. The van der Waals surface area contributed by atoms with E-state index in [2.05, 4.69) is 0 Å². The second-order valence-electron chi connectivity index (χ2n) is 3.53. The van der Waals surface area contributed by atoms with Gasteiger partial charge in [0.25, 0.3) is 5.91 Å². The Morgan fingerprint density at radius 2 is 2.00 bits per heavy atom. The molecule has 0 unspecified atom stereocenters. The number of nitrogen functional groups attached to an aromatic ring is 1. The van der Waals surface area contributed by atoms with Crippen LogP contribution in [0.3, 0.4) is 0 Å². The molecular formula is C11H15ClN2OS. The lowest BCUT2D eigenvalue weighted by molar-refractivity contribution is 0.0772. The molecule has 0 atom stereocenters. The number of hydrogen-bond donors (Lipinski definition) is 1. The molecule has 1 saturated heterocycles. The van der Waals surface area contributed by atoms with E-state index >= 15 is 0 Å². The van der Waals surface area contributed by atoms with Crippen molar-refractivity contribution in [2.45, 2.75) is 0 Å². The Kier molecular flexibility index (Phi) is 4.96. The lowest BCUT2D eigenvalue weighted by Crippen LogP contribution is -2.37. The fraction of sp³-hybridized carbons (Fsp3) is 0.364. The summed E-state index contributed by atoms with van der Waals surface area (Å²) in [5, 5.41) is 0. The summed E-state index contributed by atoms with van der Waals surface area (Å²) in [5.41, 5.74) is 6.99. The van der Waals surface area contributed by atoms with Crippen LogP contribution in [0, 0.1) is 0 Å². The van der Waals surface area contributed by atoms with Crippen molar-refractivity contribution in [2.75, 3.05) is 30.3 Å². The minimum absolute atomic E-state index is 0. The van der Waals surface area contributed by atoms with Gasteiger partial charge in [-0.05, 0) is 18.2 Å². The Morgan fingerprint density at radius 1 is 1.31 bits per heavy atom. The number of nitrogens with two attached hydrogens (primary N) is 1. The summed E-state index contributed by atoms with van der Waals surface area (Å²) in [6.45, 7) is 1.69. The van der Waals surface area contributed by atoms with Crippen molar-refractivity contribution < 1.29 is 4.79 Å². The van der Waals surface area contributed by atoms with Gasteiger partial charge in [0.05, 0.1) is 0 Å². The van der Waals surface area contributed by atoms with Gasteiger partial charge in [0.2, 0.25) is 0 Å². The van der Waals surface area contributed by atoms with Crippen LogP contribution in [-0.4, -0.2) is 35.4 Å². The maximum absolute atomic E-state index is 12.0. The monoisotopic (exact) mass is 258 g/mol. The lowest BCUT2D eigenvalue weighted by atomic mass is 10.2. The van der Waals surface area contributed by atoms with Crippen molar-refractivity contribution in [3.8, 4) is 0 Å². The van der Waals surface area contributed by atoms with E-state index in [1.807, 2.05) is 28.8 Å². The van der Waals surface area contributed by atoms with E-state index in [-0.39, 0.29) is 18.3 Å². The van der Waals surface area contributed by atoms with Crippen molar-refractivity contribution in [1.29, 1.82) is 0 Å². The zero-order valence-corrected chi connectivity index (χ0v) is 10.5. The number of rotatable bonds is 1. The van der Waals surface area contributed by atoms with Gasteiger partial charge in [-0.1, -0.05) is 6.07 Å². The largest absolute Gasteiger partial charge is 0.399 e. The molecule has 1 amide bonds. The molecule has 0 aliphatic carbocycles. The van der Waals surface area contributed by atoms with E-state index < -0.39 is 0 Å². The van der Waals surface area contributed by atoms with E-state index in [0.717, 1.165) is 24.6 Å². The minimum atomic E-state index is 0. The summed E-state index contributed by atoms with van der Waals surface area (Å²) in [5.74, 6) is 2.17. The normalized spacial score (nSPS) is 15.4. The summed E-state index contributed by atoms with van der Waals surface area (Å²) < 4.78 is 0. The first-order valence-corrected chi connectivity index (χ1v) is 6.15. The molecule has 2 rings (SSSR count). The summed E-state index contributed by atoms with van der Waals surface area (Å²) >= 11 is 1.90. The van der Waals surface area contributed by atoms with Crippen molar-refractivity contribution in [3.05, 3.63) is 29.8 Å². The van der Waals surface area contributed by atoms with Gasteiger partial charge in [0, 0.05) is 35.8 Å². The predicted octanol–water partition coefficient (Wildman–Crippen LogP) is 1.88. The van der Waals surface area contributed by atoms with E-state index in [1.54, 1.807) is 12.1 Å². The van der Waals surface area contributed by atoms with E-state index in [4.69, 9.17) is 5.73 Å². The highest BCUT2D eigenvalue weighted by Gasteiger charge is 2.17. The second kappa shape index (κ2) is 6.01. The standard InChI is InChI=1S/C11H14N2OS.ClH/c12-10-3-1-2-9(8-10)11(14)13-4-6-15-7-5-13;/h1-3,8H,4-7,12H2;1H. The highest BCUT2D eigenvalue weighted by molar-refractivity contribution is 7.99. The van der Waals surface area contributed by atoms with Crippen LogP contribution in [0.1, 0.15) is 10.4 Å². The van der Waals surface area contributed by atoms with Gasteiger partial charge in [-0.15, -0.1) is 12.4 Å². The van der Waals surface area contributed by atoms with Crippen molar-refractivity contribution in [2.24, 2.45) is 0 Å². The first-order valence-electron chi connectivity index (χ1n) is 5.00. The zero-order chi connectivity index (χ0) is 10.7. The maximum Gasteiger partial charge on any atom is 0.253 e. The molecule has 0 bridgehead atoms. The fourth-order valence-electron chi connectivity index (χ4n) is 1.62. The lowest BCUT2D eigenvalue weighted by Gasteiger charge is -2.26. The van der Waals surface area contributed by atoms with Gasteiger partial charge in [-0.25, -0.2) is 0 Å². The average molecular weight is 259 g/mol. The van der Waals surface area contributed by atoms with Crippen LogP contribution in [0.4, 0.5) is 5.69 Å². The number of carbonyl (C=O) groups is 1. The molecule has 1 aromatic carbocycles. The summed E-state index contributed by atoms with van der Waals surface area (Å²) in [7, 11) is 0. The Balaban J connectivity index is 0.00000128. The van der Waals surface area contributed by atoms with Crippen LogP contribution < -0.4 is 5.73 Å². The number of hydrogen-bond acceptors (Lipinski definition) is 3. The molecule has 2 N–H and O–H groups in total. The Morgan fingerprint density at radius 3 is 2.62 bits per heavy atom. The second-order valence-corrected chi connectivity index (χ2v) is 4.75.